The second-order valence-corrected chi connectivity index (χ2v) is 2.00. The molecule has 1 fully saturated rings. The Morgan fingerprint density at radius 3 is 2.86 bits per heavy atom. The monoisotopic (exact) mass is 97.1 g/mol. The summed E-state index contributed by atoms with van der Waals surface area (Å²) in [5.41, 5.74) is 0. The van der Waals surface area contributed by atoms with Crippen molar-refractivity contribution < 1.29 is 1.37 Å². The maximum atomic E-state index is 7.32. The average Bonchev–Trinajstić information content (AvgIpc) is 1.79. The molecule has 0 heteroatoms. The van der Waals surface area contributed by atoms with E-state index in [1.54, 1.807) is 0 Å². The minimum atomic E-state index is 0.214. The summed E-state index contributed by atoms with van der Waals surface area (Å²) in [6.07, 6.45) is 6.74. The van der Waals surface area contributed by atoms with Gasteiger partial charge in [0, 0.05) is 1.37 Å². The molecular formula is C7H12. The molecule has 2 atom stereocenters. The molecule has 0 spiro atoms. The first kappa shape index (κ1) is 3.71. The maximum Gasteiger partial charge on any atom is 0.0273 e. The summed E-state index contributed by atoms with van der Waals surface area (Å²) in [5, 5.41) is 0. The van der Waals surface area contributed by atoms with Crippen molar-refractivity contribution in [2.24, 2.45) is 5.92 Å². The molecule has 0 aliphatic heterocycles. The van der Waals surface area contributed by atoms with Gasteiger partial charge in [0.05, 0.1) is 0 Å². The summed E-state index contributed by atoms with van der Waals surface area (Å²) in [7, 11) is 0. The molecule has 0 aromatic carbocycles. The topological polar surface area (TPSA) is 0 Å². The van der Waals surface area contributed by atoms with Crippen LogP contribution in [0, 0.1) is 5.92 Å². The van der Waals surface area contributed by atoms with Gasteiger partial charge in [0.2, 0.25) is 0 Å². The van der Waals surface area contributed by atoms with Crippen LogP contribution in [0.15, 0.2) is 12.2 Å². The van der Waals surface area contributed by atoms with Gasteiger partial charge in [-0.3, -0.25) is 0 Å². The molecular weight excluding hydrogens is 84.1 g/mol. The Hall–Kier alpha value is -0.260. The Morgan fingerprint density at radius 1 is 1.86 bits per heavy atom. The predicted molar refractivity (Wildman–Crippen MR) is 32.2 cm³/mol. The van der Waals surface area contributed by atoms with Gasteiger partial charge in [0.25, 0.3) is 0 Å². The van der Waals surface area contributed by atoms with Crippen LogP contribution in [-0.2, 0) is 0 Å². The van der Waals surface area contributed by atoms with E-state index in [-0.39, 0.29) is 6.40 Å². The van der Waals surface area contributed by atoms with Crippen molar-refractivity contribution in [1.29, 1.82) is 0 Å². The molecule has 7 heavy (non-hydrogen) atoms. The van der Waals surface area contributed by atoms with Gasteiger partial charge >= 0.3 is 0 Å². The van der Waals surface area contributed by atoms with Crippen molar-refractivity contribution in [2.75, 3.05) is 0 Å². The molecule has 1 rings (SSSR count). The molecule has 0 amide bonds. The number of hydrogen-bond acceptors (Lipinski definition) is 0. The number of allylic oxidation sites excluding steroid dienone is 2. The molecule has 0 saturated heterocycles. The molecule has 1 unspecified atom stereocenters. The van der Waals surface area contributed by atoms with E-state index in [2.05, 4.69) is 6.08 Å². The zero-order valence-corrected chi connectivity index (χ0v) is 4.72. The standard InChI is InChI=1S/C7H12/c1-2-4-7-5-3-6-7/h2,4,7H,3,5-6H2,1H3/b4-2+/i5D/t5-,7?/m1/s1. The van der Waals surface area contributed by atoms with Crippen molar-refractivity contribution >= 4 is 0 Å². The Kier molecular flexibility index (Phi) is 1.14. The second-order valence-electron chi connectivity index (χ2n) is 2.00. The number of rotatable bonds is 1. The van der Waals surface area contributed by atoms with E-state index in [0.717, 1.165) is 6.42 Å². The third kappa shape index (κ3) is 1.05. The third-order valence-corrected chi connectivity index (χ3v) is 1.41. The quantitative estimate of drug-likeness (QED) is 0.441. The van der Waals surface area contributed by atoms with Crippen LogP contribution >= 0.6 is 0 Å². The molecule has 0 bridgehead atoms. The first-order valence-corrected chi connectivity index (χ1v) is 2.89. The largest absolute Gasteiger partial charge is 0.0914 e. The van der Waals surface area contributed by atoms with E-state index in [9.17, 15) is 0 Å². The van der Waals surface area contributed by atoms with E-state index >= 15 is 0 Å². The van der Waals surface area contributed by atoms with Gasteiger partial charge in [-0.15, -0.1) is 0 Å². The fourth-order valence-electron chi connectivity index (χ4n) is 0.781. The molecule has 0 aromatic heterocycles. The van der Waals surface area contributed by atoms with Crippen molar-refractivity contribution in [1.82, 2.24) is 0 Å². The lowest BCUT2D eigenvalue weighted by molar-refractivity contribution is 0.387. The second kappa shape index (κ2) is 2.15. The molecule has 0 radical (unpaired) electrons. The third-order valence-electron chi connectivity index (χ3n) is 1.41. The van der Waals surface area contributed by atoms with Crippen LogP contribution in [0.1, 0.15) is 27.5 Å². The molecule has 40 valence electrons. The van der Waals surface area contributed by atoms with Gasteiger partial charge < -0.3 is 0 Å². The molecule has 0 nitrogen and oxygen atoms in total. The summed E-state index contributed by atoms with van der Waals surface area (Å²) in [4.78, 5) is 0. The lowest BCUT2D eigenvalue weighted by atomic mass is 9.85. The Bertz CT molecular complexity index is 96.6. The van der Waals surface area contributed by atoms with E-state index in [1.807, 2.05) is 13.0 Å². The zero-order chi connectivity index (χ0) is 5.98. The van der Waals surface area contributed by atoms with Crippen LogP contribution in [0.5, 0.6) is 0 Å². The molecule has 1 saturated carbocycles. The highest BCUT2D eigenvalue weighted by atomic mass is 14.2. The van der Waals surface area contributed by atoms with Gasteiger partial charge in [-0.1, -0.05) is 18.6 Å². The summed E-state index contributed by atoms with van der Waals surface area (Å²) < 4.78 is 7.32. The van der Waals surface area contributed by atoms with Gasteiger partial charge in [-0.05, 0) is 25.7 Å². The Morgan fingerprint density at radius 2 is 2.71 bits per heavy atom. The van der Waals surface area contributed by atoms with E-state index in [1.165, 1.54) is 6.42 Å². The lowest BCUT2D eigenvalue weighted by Gasteiger charge is -2.20. The van der Waals surface area contributed by atoms with E-state index in [4.69, 9.17) is 1.37 Å². The van der Waals surface area contributed by atoms with Crippen LogP contribution in [0.25, 0.3) is 0 Å². The van der Waals surface area contributed by atoms with Gasteiger partial charge in [-0.2, -0.15) is 0 Å². The molecule has 0 heterocycles. The summed E-state index contributed by atoms with van der Waals surface area (Å²) in [5.74, 6) is 0.583. The summed E-state index contributed by atoms with van der Waals surface area (Å²) in [6, 6.07) is 0. The first-order valence-electron chi connectivity index (χ1n) is 3.47. The van der Waals surface area contributed by atoms with Gasteiger partial charge in [0.15, 0.2) is 0 Å². The van der Waals surface area contributed by atoms with Gasteiger partial charge in [-0.25, -0.2) is 0 Å². The zero-order valence-electron chi connectivity index (χ0n) is 5.72. The van der Waals surface area contributed by atoms with Crippen molar-refractivity contribution in [3.8, 4) is 0 Å². The predicted octanol–water partition coefficient (Wildman–Crippen LogP) is 2.36. The van der Waals surface area contributed by atoms with Crippen molar-refractivity contribution in [3.05, 3.63) is 12.2 Å². The minimum absolute atomic E-state index is 0.214. The van der Waals surface area contributed by atoms with Crippen molar-refractivity contribution in [3.63, 3.8) is 0 Å². The molecule has 1 aliphatic carbocycles. The highest BCUT2D eigenvalue weighted by Crippen LogP contribution is 2.26. The Balaban J connectivity index is 2.27. The maximum absolute atomic E-state index is 7.32. The summed E-state index contributed by atoms with van der Waals surface area (Å²) in [6.45, 7) is 2.02. The summed E-state index contributed by atoms with van der Waals surface area (Å²) >= 11 is 0. The molecule has 1 aliphatic rings. The number of hydrogen-bond donors (Lipinski definition) is 0. The smallest absolute Gasteiger partial charge is 0.0273 e. The van der Waals surface area contributed by atoms with E-state index in [0.29, 0.717) is 5.92 Å². The fourth-order valence-corrected chi connectivity index (χ4v) is 0.781. The lowest BCUT2D eigenvalue weighted by Crippen LogP contribution is -2.06. The first-order chi connectivity index (χ1) is 3.84. The highest BCUT2D eigenvalue weighted by molar-refractivity contribution is 4.89. The van der Waals surface area contributed by atoms with Crippen LogP contribution < -0.4 is 0 Å². The molecule has 0 N–H and O–H groups in total. The van der Waals surface area contributed by atoms with Crippen LogP contribution in [0.3, 0.4) is 0 Å². The molecule has 0 aromatic rings. The van der Waals surface area contributed by atoms with Crippen LogP contribution in [-0.4, -0.2) is 0 Å². The van der Waals surface area contributed by atoms with Gasteiger partial charge in [0.1, 0.15) is 0 Å². The fraction of sp³-hybridized carbons (Fsp3) is 0.714. The van der Waals surface area contributed by atoms with E-state index < -0.39 is 0 Å². The SMILES string of the molecule is [2H][C@@H]1CCC1/C=C/C. The van der Waals surface area contributed by atoms with Crippen LogP contribution in [0.4, 0.5) is 0 Å². The normalized spacial score (nSPS) is 43.3. The van der Waals surface area contributed by atoms with Crippen molar-refractivity contribution in [2.45, 2.75) is 26.2 Å². The Labute approximate surface area is 46.6 Å². The van der Waals surface area contributed by atoms with Crippen LogP contribution in [0.2, 0.25) is 0 Å². The minimum Gasteiger partial charge on any atom is -0.0914 e. The highest BCUT2D eigenvalue weighted by Gasteiger charge is 2.12. The average molecular weight is 97.2 g/mol.